The fourth-order valence-corrected chi connectivity index (χ4v) is 5.20. The lowest BCUT2D eigenvalue weighted by Crippen LogP contribution is -2.34. The standard InChI is InChI=1S/C20H31N3O3S/c1-13(2)22-27(24,25)16-7-8-18-17(11-16)21-19(23(18)14(3)4)15-9-10-26-20(5,6)12-15/h7-8,11,13-15,22H,9-10,12H2,1-6H3/t15-/m0/s1. The monoisotopic (exact) mass is 393 g/mol. The van der Waals surface area contributed by atoms with Crippen molar-refractivity contribution in [3.05, 3.63) is 24.0 Å². The van der Waals surface area contributed by atoms with Crippen molar-refractivity contribution in [2.24, 2.45) is 0 Å². The molecule has 1 fully saturated rings. The van der Waals surface area contributed by atoms with Crippen molar-refractivity contribution in [3.8, 4) is 0 Å². The van der Waals surface area contributed by atoms with Crippen molar-refractivity contribution in [2.75, 3.05) is 6.61 Å². The van der Waals surface area contributed by atoms with Gasteiger partial charge in [0.2, 0.25) is 10.0 Å². The number of nitrogens with one attached hydrogen (secondary N) is 1. The maximum absolute atomic E-state index is 12.5. The predicted molar refractivity (Wildman–Crippen MR) is 108 cm³/mol. The van der Waals surface area contributed by atoms with Gasteiger partial charge in [0, 0.05) is 24.6 Å². The minimum absolute atomic E-state index is 0.154. The van der Waals surface area contributed by atoms with E-state index in [1.807, 2.05) is 19.9 Å². The number of fused-ring (bicyclic) bond motifs is 1. The van der Waals surface area contributed by atoms with Crippen LogP contribution in [0.2, 0.25) is 0 Å². The van der Waals surface area contributed by atoms with E-state index in [4.69, 9.17) is 9.72 Å². The van der Waals surface area contributed by atoms with Crippen molar-refractivity contribution in [1.29, 1.82) is 0 Å². The highest BCUT2D eigenvalue weighted by Gasteiger charge is 2.33. The molecule has 0 radical (unpaired) electrons. The van der Waals surface area contributed by atoms with E-state index >= 15 is 0 Å². The molecule has 2 aromatic rings. The quantitative estimate of drug-likeness (QED) is 0.834. The van der Waals surface area contributed by atoms with Gasteiger partial charge in [-0.05, 0) is 72.6 Å². The van der Waals surface area contributed by atoms with Crippen LogP contribution in [0.5, 0.6) is 0 Å². The molecule has 1 aromatic carbocycles. The minimum Gasteiger partial charge on any atom is -0.376 e. The molecule has 6 nitrogen and oxygen atoms in total. The Kier molecular flexibility index (Phi) is 5.40. The fraction of sp³-hybridized carbons (Fsp3) is 0.650. The molecule has 150 valence electrons. The maximum Gasteiger partial charge on any atom is 0.240 e. The van der Waals surface area contributed by atoms with Gasteiger partial charge in [0.05, 0.1) is 21.5 Å². The molecule has 1 aromatic heterocycles. The smallest absolute Gasteiger partial charge is 0.240 e. The second-order valence-electron chi connectivity index (χ2n) is 8.66. The third-order valence-corrected chi connectivity index (χ3v) is 6.62. The molecule has 27 heavy (non-hydrogen) atoms. The van der Waals surface area contributed by atoms with Crippen LogP contribution in [0.25, 0.3) is 11.0 Å². The van der Waals surface area contributed by atoms with Gasteiger partial charge in [-0.25, -0.2) is 18.1 Å². The third-order valence-electron chi connectivity index (χ3n) is 4.97. The van der Waals surface area contributed by atoms with Crippen LogP contribution in [0.3, 0.4) is 0 Å². The number of nitrogens with zero attached hydrogens (tertiary/aromatic N) is 2. The average Bonchev–Trinajstić information content (AvgIpc) is 2.91. The van der Waals surface area contributed by atoms with Crippen LogP contribution < -0.4 is 4.72 Å². The summed E-state index contributed by atoms with van der Waals surface area (Å²) in [7, 11) is -3.54. The predicted octanol–water partition coefficient (Wildman–Crippen LogP) is 3.98. The van der Waals surface area contributed by atoms with Gasteiger partial charge in [0.25, 0.3) is 0 Å². The van der Waals surface area contributed by atoms with Crippen molar-refractivity contribution >= 4 is 21.1 Å². The largest absolute Gasteiger partial charge is 0.376 e. The number of ether oxygens (including phenoxy) is 1. The molecule has 1 N–H and O–H groups in total. The molecule has 1 aliphatic heterocycles. The fourth-order valence-electron chi connectivity index (χ4n) is 3.93. The van der Waals surface area contributed by atoms with Crippen LogP contribution >= 0.6 is 0 Å². The van der Waals surface area contributed by atoms with Crippen LogP contribution in [0.1, 0.15) is 72.2 Å². The second kappa shape index (κ2) is 7.18. The zero-order chi connectivity index (χ0) is 20.0. The molecule has 0 unspecified atom stereocenters. The molecule has 3 rings (SSSR count). The van der Waals surface area contributed by atoms with E-state index in [1.165, 1.54) is 0 Å². The summed E-state index contributed by atoms with van der Waals surface area (Å²) in [4.78, 5) is 5.15. The summed E-state index contributed by atoms with van der Waals surface area (Å²) in [6.45, 7) is 12.9. The molecule has 1 saturated heterocycles. The third kappa shape index (κ3) is 4.20. The van der Waals surface area contributed by atoms with Gasteiger partial charge in [-0.15, -0.1) is 0 Å². The molecule has 0 saturated carbocycles. The first-order valence-electron chi connectivity index (χ1n) is 9.68. The summed E-state index contributed by atoms with van der Waals surface area (Å²) >= 11 is 0. The first-order valence-corrected chi connectivity index (χ1v) is 11.2. The Balaban J connectivity index is 2.09. The summed E-state index contributed by atoms with van der Waals surface area (Å²) in [6.07, 6.45) is 1.84. The molecule has 1 aliphatic rings. The Morgan fingerprint density at radius 2 is 1.96 bits per heavy atom. The molecule has 1 atom stereocenters. The van der Waals surface area contributed by atoms with E-state index in [2.05, 4.69) is 37.0 Å². The number of aromatic nitrogens is 2. The van der Waals surface area contributed by atoms with Gasteiger partial charge in [-0.2, -0.15) is 0 Å². The summed E-state index contributed by atoms with van der Waals surface area (Å²) in [5.74, 6) is 1.33. The Morgan fingerprint density at radius 1 is 1.26 bits per heavy atom. The van der Waals surface area contributed by atoms with Crippen molar-refractivity contribution in [1.82, 2.24) is 14.3 Å². The van der Waals surface area contributed by atoms with Gasteiger partial charge in [-0.1, -0.05) is 0 Å². The van der Waals surface area contributed by atoms with Crippen molar-refractivity contribution < 1.29 is 13.2 Å². The lowest BCUT2D eigenvalue weighted by Gasteiger charge is -2.35. The first-order chi connectivity index (χ1) is 12.5. The zero-order valence-corrected chi connectivity index (χ0v) is 17.9. The molecule has 2 heterocycles. The Hall–Kier alpha value is -1.44. The second-order valence-corrected chi connectivity index (χ2v) is 10.4. The van der Waals surface area contributed by atoms with Crippen LogP contribution in [0.15, 0.2) is 23.1 Å². The highest BCUT2D eigenvalue weighted by atomic mass is 32.2. The molecule has 0 amide bonds. The van der Waals surface area contributed by atoms with Crippen LogP contribution in [-0.2, 0) is 14.8 Å². The van der Waals surface area contributed by atoms with E-state index in [0.29, 0.717) is 5.92 Å². The summed E-state index contributed by atoms with van der Waals surface area (Å²) < 4.78 is 35.8. The summed E-state index contributed by atoms with van der Waals surface area (Å²) in [6, 6.07) is 5.33. The Bertz CT molecular complexity index is 929. The number of sulfonamides is 1. The number of rotatable bonds is 5. The van der Waals surface area contributed by atoms with Gasteiger partial charge in [-0.3, -0.25) is 0 Å². The van der Waals surface area contributed by atoms with E-state index in [0.717, 1.165) is 36.3 Å². The lowest BCUT2D eigenvalue weighted by atomic mass is 9.87. The van der Waals surface area contributed by atoms with Gasteiger partial charge in [0.15, 0.2) is 0 Å². The molecule has 7 heteroatoms. The topological polar surface area (TPSA) is 73.2 Å². The number of benzene rings is 1. The zero-order valence-electron chi connectivity index (χ0n) is 17.1. The molecule has 0 aliphatic carbocycles. The average molecular weight is 394 g/mol. The lowest BCUT2D eigenvalue weighted by molar-refractivity contribution is -0.0607. The van der Waals surface area contributed by atoms with E-state index in [-0.39, 0.29) is 22.6 Å². The highest BCUT2D eigenvalue weighted by Crippen LogP contribution is 2.37. The van der Waals surface area contributed by atoms with Crippen LogP contribution in [0, 0.1) is 0 Å². The SMILES string of the molecule is CC(C)NS(=O)(=O)c1ccc2c(c1)nc([C@H]1CCOC(C)(C)C1)n2C(C)C. The normalized spacial score (nSPS) is 20.7. The number of imidazole rings is 1. The Labute approximate surface area is 162 Å². The molecule has 0 spiro atoms. The molecule has 0 bridgehead atoms. The van der Waals surface area contributed by atoms with Gasteiger partial charge >= 0.3 is 0 Å². The first kappa shape index (κ1) is 20.3. The molecular weight excluding hydrogens is 362 g/mol. The minimum atomic E-state index is -3.54. The van der Waals surface area contributed by atoms with Crippen LogP contribution in [0.4, 0.5) is 0 Å². The number of hydrogen-bond acceptors (Lipinski definition) is 4. The van der Waals surface area contributed by atoms with Gasteiger partial charge < -0.3 is 9.30 Å². The van der Waals surface area contributed by atoms with E-state index < -0.39 is 10.0 Å². The van der Waals surface area contributed by atoms with Crippen molar-refractivity contribution in [2.45, 2.75) is 82.9 Å². The van der Waals surface area contributed by atoms with E-state index in [9.17, 15) is 8.42 Å². The van der Waals surface area contributed by atoms with Gasteiger partial charge in [0.1, 0.15) is 5.82 Å². The van der Waals surface area contributed by atoms with Crippen LogP contribution in [-0.4, -0.2) is 36.2 Å². The Morgan fingerprint density at radius 3 is 2.56 bits per heavy atom. The molecular formula is C20H31N3O3S. The number of hydrogen-bond donors (Lipinski definition) is 1. The van der Waals surface area contributed by atoms with Crippen molar-refractivity contribution in [3.63, 3.8) is 0 Å². The summed E-state index contributed by atoms with van der Waals surface area (Å²) in [5, 5.41) is 0. The van der Waals surface area contributed by atoms with E-state index in [1.54, 1.807) is 12.1 Å². The summed E-state index contributed by atoms with van der Waals surface area (Å²) in [5.41, 5.74) is 1.54. The highest BCUT2D eigenvalue weighted by molar-refractivity contribution is 7.89. The maximum atomic E-state index is 12.5.